The van der Waals surface area contributed by atoms with Gasteiger partial charge in [-0.05, 0) is 37.5 Å². The molecule has 1 aromatic carbocycles. The van der Waals surface area contributed by atoms with E-state index in [0.717, 1.165) is 48.0 Å². The van der Waals surface area contributed by atoms with Crippen LogP contribution in [0.1, 0.15) is 43.0 Å². The van der Waals surface area contributed by atoms with Crippen LogP contribution in [0.15, 0.2) is 23.6 Å². The predicted octanol–water partition coefficient (Wildman–Crippen LogP) is 5.05. The van der Waals surface area contributed by atoms with Crippen molar-refractivity contribution >= 4 is 28.6 Å². The molecule has 1 aliphatic rings. The van der Waals surface area contributed by atoms with Gasteiger partial charge in [0.15, 0.2) is 0 Å². The number of hydrogen-bond acceptors (Lipinski definition) is 5. The summed E-state index contributed by atoms with van der Waals surface area (Å²) in [5, 5.41) is 7.23. The normalized spacial score (nSPS) is 17.4. The molecule has 0 radical (unpaired) electrons. The molecule has 0 saturated carbocycles. The lowest BCUT2D eigenvalue weighted by Crippen LogP contribution is -2.04. The van der Waals surface area contributed by atoms with Gasteiger partial charge in [-0.3, -0.25) is 0 Å². The summed E-state index contributed by atoms with van der Waals surface area (Å²) >= 11 is 7.77. The molecule has 1 saturated heterocycles. The summed E-state index contributed by atoms with van der Waals surface area (Å²) in [5.41, 5.74) is 1.92. The van der Waals surface area contributed by atoms with Gasteiger partial charge in [0.05, 0.1) is 24.5 Å². The van der Waals surface area contributed by atoms with Gasteiger partial charge in [0, 0.05) is 17.0 Å². The Kier molecular flexibility index (Phi) is 5.75. The molecule has 6 heteroatoms. The quantitative estimate of drug-likeness (QED) is 0.757. The first-order valence-corrected chi connectivity index (χ1v) is 9.24. The Bertz CT molecular complexity index is 641. The van der Waals surface area contributed by atoms with E-state index in [0.29, 0.717) is 18.2 Å². The fourth-order valence-corrected chi connectivity index (χ4v) is 3.56. The van der Waals surface area contributed by atoms with E-state index in [-0.39, 0.29) is 6.10 Å². The van der Waals surface area contributed by atoms with Crippen molar-refractivity contribution in [2.24, 2.45) is 0 Å². The van der Waals surface area contributed by atoms with Crippen LogP contribution in [0.4, 0.5) is 5.69 Å². The zero-order chi connectivity index (χ0) is 16.1. The monoisotopic (exact) mass is 352 g/mol. The Balaban J connectivity index is 1.64. The van der Waals surface area contributed by atoms with Gasteiger partial charge >= 0.3 is 0 Å². The standard InChI is InChI=1S/C17H21ClN2O2S/c1-2-7-21-15-6-5-12(18)9-14(15)19-10-13-11-23-17(20-13)16-4-3-8-22-16/h5-6,9,11,16,19H,2-4,7-8,10H2,1H3. The number of benzene rings is 1. The Morgan fingerprint density at radius 1 is 1.48 bits per heavy atom. The molecule has 1 N–H and O–H groups in total. The Morgan fingerprint density at radius 2 is 2.39 bits per heavy atom. The van der Waals surface area contributed by atoms with E-state index in [1.54, 1.807) is 11.3 Å². The van der Waals surface area contributed by atoms with E-state index in [1.165, 1.54) is 0 Å². The molecule has 0 spiro atoms. The first-order valence-electron chi connectivity index (χ1n) is 7.98. The van der Waals surface area contributed by atoms with Gasteiger partial charge in [-0.1, -0.05) is 18.5 Å². The molecule has 1 aliphatic heterocycles. The molecular formula is C17H21ClN2O2S. The molecule has 4 nitrogen and oxygen atoms in total. The lowest BCUT2D eigenvalue weighted by Gasteiger charge is -2.12. The Hall–Kier alpha value is -1.30. The predicted molar refractivity (Wildman–Crippen MR) is 94.6 cm³/mol. The maximum atomic E-state index is 6.10. The van der Waals surface area contributed by atoms with Crippen LogP contribution in [0, 0.1) is 0 Å². The smallest absolute Gasteiger partial charge is 0.142 e. The molecule has 2 aromatic rings. The highest BCUT2D eigenvalue weighted by molar-refractivity contribution is 7.09. The summed E-state index contributed by atoms with van der Waals surface area (Å²) < 4.78 is 11.4. The van der Waals surface area contributed by atoms with Crippen molar-refractivity contribution < 1.29 is 9.47 Å². The second-order valence-electron chi connectivity index (χ2n) is 5.52. The zero-order valence-corrected chi connectivity index (χ0v) is 14.8. The number of anilines is 1. The van der Waals surface area contributed by atoms with E-state index in [2.05, 4.69) is 22.6 Å². The topological polar surface area (TPSA) is 43.4 Å². The van der Waals surface area contributed by atoms with Crippen LogP contribution < -0.4 is 10.1 Å². The third-order valence-corrected chi connectivity index (χ3v) is 4.86. The minimum absolute atomic E-state index is 0.184. The van der Waals surface area contributed by atoms with Gasteiger partial charge in [-0.15, -0.1) is 11.3 Å². The van der Waals surface area contributed by atoms with Crippen LogP contribution in [0.25, 0.3) is 0 Å². The molecule has 1 fully saturated rings. The molecule has 0 bridgehead atoms. The van der Waals surface area contributed by atoms with Gasteiger partial charge in [0.1, 0.15) is 16.9 Å². The maximum Gasteiger partial charge on any atom is 0.142 e. The fraction of sp³-hybridized carbons (Fsp3) is 0.471. The number of aromatic nitrogens is 1. The number of hydrogen-bond donors (Lipinski definition) is 1. The van der Waals surface area contributed by atoms with Gasteiger partial charge in [0.25, 0.3) is 0 Å². The third-order valence-electron chi connectivity index (χ3n) is 3.64. The average molecular weight is 353 g/mol. The zero-order valence-electron chi connectivity index (χ0n) is 13.2. The van der Waals surface area contributed by atoms with Gasteiger partial charge in [-0.25, -0.2) is 4.98 Å². The maximum absolute atomic E-state index is 6.10. The highest BCUT2D eigenvalue weighted by Crippen LogP contribution is 2.32. The second kappa shape index (κ2) is 7.99. The number of nitrogens with one attached hydrogen (secondary N) is 1. The van der Waals surface area contributed by atoms with Crippen molar-refractivity contribution in [1.29, 1.82) is 0 Å². The molecular weight excluding hydrogens is 332 g/mol. The van der Waals surface area contributed by atoms with E-state index < -0.39 is 0 Å². The lowest BCUT2D eigenvalue weighted by molar-refractivity contribution is 0.111. The first kappa shape index (κ1) is 16.6. The summed E-state index contributed by atoms with van der Waals surface area (Å²) in [6.45, 7) is 4.27. The van der Waals surface area contributed by atoms with Gasteiger partial charge in [-0.2, -0.15) is 0 Å². The van der Waals surface area contributed by atoms with Crippen molar-refractivity contribution in [2.75, 3.05) is 18.5 Å². The van der Waals surface area contributed by atoms with E-state index >= 15 is 0 Å². The minimum Gasteiger partial charge on any atom is -0.491 e. The van der Waals surface area contributed by atoms with E-state index in [1.807, 2.05) is 18.2 Å². The van der Waals surface area contributed by atoms with Gasteiger partial charge < -0.3 is 14.8 Å². The molecule has 0 aliphatic carbocycles. The summed E-state index contributed by atoms with van der Waals surface area (Å²) in [6.07, 6.45) is 3.35. The third kappa shape index (κ3) is 4.37. The summed E-state index contributed by atoms with van der Waals surface area (Å²) in [4.78, 5) is 4.68. The lowest BCUT2D eigenvalue weighted by atomic mass is 10.2. The molecule has 23 heavy (non-hydrogen) atoms. The van der Waals surface area contributed by atoms with Gasteiger partial charge in [0.2, 0.25) is 0 Å². The highest BCUT2D eigenvalue weighted by atomic mass is 35.5. The van der Waals surface area contributed by atoms with Crippen molar-refractivity contribution in [1.82, 2.24) is 4.98 Å². The molecule has 0 amide bonds. The molecule has 1 unspecified atom stereocenters. The Morgan fingerprint density at radius 3 is 3.17 bits per heavy atom. The number of nitrogens with zero attached hydrogens (tertiary/aromatic N) is 1. The fourth-order valence-electron chi connectivity index (χ4n) is 2.49. The Labute approximate surface area is 145 Å². The molecule has 3 rings (SSSR count). The van der Waals surface area contributed by atoms with Crippen LogP contribution in [0.3, 0.4) is 0 Å². The molecule has 124 valence electrons. The van der Waals surface area contributed by atoms with Crippen molar-refractivity contribution in [3.63, 3.8) is 0 Å². The number of thiazole rings is 1. The molecule has 2 heterocycles. The second-order valence-corrected chi connectivity index (χ2v) is 6.85. The number of halogens is 1. The SMILES string of the molecule is CCCOc1ccc(Cl)cc1NCc1csc(C2CCCO2)n1. The minimum atomic E-state index is 0.184. The van der Waals surface area contributed by atoms with Crippen molar-refractivity contribution in [3.05, 3.63) is 39.3 Å². The molecule has 1 aromatic heterocycles. The van der Waals surface area contributed by atoms with E-state index in [4.69, 9.17) is 21.1 Å². The van der Waals surface area contributed by atoms with Crippen molar-refractivity contribution in [2.45, 2.75) is 38.8 Å². The van der Waals surface area contributed by atoms with Crippen molar-refractivity contribution in [3.8, 4) is 5.75 Å². The van der Waals surface area contributed by atoms with Crippen LogP contribution >= 0.6 is 22.9 Å². The van der Waals surface area contributed by atoms with Crippen LogP contribution in [0.2, 0.25) is 5.02 Å². The van der Waals surface area contributed by atoms with Crippen LogP contribution in [-0.2, 0) is 11.3 Å². The van der Waals surface area contributed by atoms with Crippen LogP contribution in [0.5, 0.6) is 5.75 Å². The molecule has 1 atom stereocenters. The largest absolute Gasteiger partial charge is 0.491 e. The van der Waals surface area contributed by atoms with E-state index in [9.17, 15) is 0 Å². The summed E-state index contributed by atoms with van der Waals surface area (Å²) in [6, 6.07) is 5.63. The highest BCUT2D eigenvalue weighted by Gasteiger charge is 2.20. The first-order chi connectivity index (χ1) is 11.3. The number of rotatable bonds is 7. The summed E-state index contributed by atoms with van der Waals surface area (Å²) in [5.74, 6) is 0.825. The average Bonchev–Trinajstić information content (AvgIpc) is 3.23. The van der Waals surface area contributed by atoms with Crippen LogP contribution in [-0.4, -0.2) is 18.2 Å². The number of ether oxygens (including phenoxy) is 2. The summed E-state index contributed by atoms with van der Waals surface area (Å²) in [7, 11) is 0.